The van der Waals surface area contributed by atoms with Crippen molar-refractivity contribution in [3.63, 3.8) is 0 Å². The van der Waals surface area contributed by atoms with Gasteiger partial charge in [0.1, 0.15) is 0 Å². The maximum absolute atomic E-state index is 13.1. The third-order valence-electron chi connectivity index (χ3n) is 4.77. The molecular formula is C16H13F3N4O2S. The zero-order chi connectivity index (χ0) is 18.7. The van der Waals surface area contributed by atoms with E-state index < -0.39 is 33.8 Å². The van der Waals surface area contributed by atoms with Gasteiger partial charge in [0.15, 0.2) is 6.04 Å². The molecule has 1 aromatic carbocycles. The van der Waals surface area contributed by atoms with Crippen LogP contribution in [0.15, 0.2) is 35.4 Å². The van der Waals surface area contributed by atoms with Crippen LogP contribution in [-0.4, -0.2) is 22.9 Å². The van der Waals surface area contributed by atoms with E-state index in [1.54, 1.807) is 0 Å². The van der Waals surface area contributed by atoms with E-state index in [1.165, 1.54) is 6.20 Å². The minimum atomic E-state index is -4.55. The molecule has 1 aliphatic carbocycles. The summed E-state index contributed by atoms with van der Waals surface area (Å²) < 4.78 is 65.6. The lowest BCUT2D eigenvalue weighted by atomic mass is 10.1. The highest BCUT2D eigenvalue weighted by Gasteiger charge is 2.52. The number of fused-ring (bicyclic) bond motifs is 1. The first kappa shape index (κ1) is 17.1. The van der Waals surface area contributed by atoms with Gasteiger partial charge >= 0.3 is 6.18 Å². The van der Waals surface area contributed by atoms with E-state index >= 15 is 0 Å². The molecule has 1 aromatic heterocycles. The molecule has 0 spiro atoms. The lowest BCUT2D eigenvalue weighted by molar-refractivity contribution is -0.137. The molecule has 2 aromatic rings. The molecule has 2 aliphatic rings. The van der Waals surface area contributed by atoms with Crippen molar-refractivity contribution >= 4 is 10.0 Å². The molecule has 2 heterocycles. The van der Waals surface area contributed by atoms with Gasteiger partial charge in [-0.15, -0.1) is 0 Å². The van der Waals surface area contributed by atoms with Crippen LogP contribution in [0.2, 0.25) is 0 Å². The topological polar surface area (TPSA) is 89.8 Å². The Morgan fingerprint density at radius 2 is 1.88 bits per heavy atom. The number of hydrogen-bond acceptors (Lipinski definition) is 4. The van der Waals surface area contributed by atoms with Crippen LogP contribution < -0.4 is 0 Å². The summed E-state index contributed by atoms with van der Waals surface area (Å²) in [5.74, 6) is 0.0777. The van der Waals surface area contributed by atoms with Gasteiger partial charge in [-0.3, -0.25) is 5.10 Å². The van der Waals surface area contributed by atoms with Gasteiger partial charge in [-0.05, 0) is 43.0 Å². The van der Waals surface area contributed by atoms with Crippen molar-refractivity contribution in [2.24, 2.45) is 5.92 Å². The molecule has 4 rings (SSSR count). The largest absolute Gasteiger partial charge is 0.416 e. The maximum Gasteiger partial charge on any atom is 0.416 e. The quantitative estimate of drug-likeness (QED) is 0.883. The SMILES string of the molecule is N#CC1c2[nH]ncc2C(C2CC2)N1S(=O)(=O)c1ccc(C(F)(F)F)cc1. The Bertz CT molecular complexity index is 988. The monoisotopic (exact) mass is 382 g/mol. The standard InChI is InChI=1S/C16H13F3N4O2S/c17-16(18,19)10-3-5-11(6-4-10)26(24,25)23-13(7-20)14-12(8-21-22-14)15(23)9-1-2-9/h3-6,8-9,13,15H,1-2H2,(H,21,22). The average molecular weight is 382 g/mol. The molecule has 2 unspecified atom stereocenters. The smallest absolute Gasteiger partial charge is 0.279 e. The number of nitriles is 1. The van der Waals surface area contributed by atoms with Crippen LogP contribution >= 0.6 is 0 Å². The van der Waals surface area contributed by atoms with Crippen molar-refractivity contribution in [3.05, 3.63) is 47.3 Å². The highest BCUT2D eigenvalue weighted by molar-refractivity contribution is 7.89. The molecule has 0 saturated heterocycles. The molecular weight excluding hydrogens is 369 g/mol. The molecule has 1 N–H and O–H groups in total. The molecule has 0 radical (unpaired) electrons. The van der Waals surface area contributed by atoms with Gasteiger partial charge in [-0.25, -0.2) is 8.42 Å². The first-order valence-corrected chi connectivity index (χ1v) is 9.32. The Morgan fingerprint density at radius 3 is 2.42 bits per heavy atom. The number of aromatic amines is 1. The van der Waals surface area contributed by atoms with Crippen molar-refractivity contribution < 1.29 is 21.6 Å². The Kier molecular flexibility index (Phi) is 3.65. The second-order valence-corrected chi connectivity index (χ2v) is 8.25. The second kappa shape index (κ2) is 5.56. The molecule has 0 bridgehead atoms. The highest BCUT2D eigenvalue weighted by Crippen LogP contribution is 2.54. The summed E-state index contributed by atoms with van der Waals surface area (Å²) in [6.07, 6.45) is -1.38. The number of H-pyrrole nitrogens is 1. The van der Waals surface area contributed by atoms with Crippen LogP contribution in [0, 0.1) is 17.2 Å². The number of sulfonamides is 1. The van der Waals surface area contributed by atoms with Gasteiger partial charge in [-0.2, -0.15) is 27.8 Å². The summed E-state index contributed by atoms with van der Waals surface area (Å²) in [6.45, 7) is 0. The fraction of sp³-hybridized carbons (Fsp3) is 0.375. The molecule has 2 atom stereocenters. The van der Waals surface area contributed by atoms with Gasteiger partial charge in [0.25, 0.3) is 0 Å². The van der Waals surface area contributed by atoms with E-state index in [-0.39, 0.29) is 10.8 Å². The fourth-order valence-electron chi connectivity index (χ4n) is 3.41. The first-order valence-electron chi connectivity index (χ1n) is 7.88. The number of halogens is 3. The van der Waals surface area contributed by atoms with Crippen molar-refractivity contribution in [2.45, 2.75) is 36.0 Å². The predicted octanol–water partition coefficient (Wildman–Crippen LogP) is 3.15. The normalized spacial score (nSPS) is 23.6. The Morgan fingerprint density at radius 1 is 1.23 bits per heavy atom. The minimum Gasteiger partial charge on any atom is -0.279 e. The Labute approximate surface area is 147 Å². The number of hydrogen-bond donors (Lipinski definition) is 1. The molecule has 26 heavy (non-hydrogen) atoms. The highest BCUT2D eigenvalue weighted by atomic mass is 32.2. The molecule has 1 saturated carbocycles. The van der Waals surface area contributed by atoms with Crippen LogP contribution in [-0.2, 0) is 16.2 Å². The fourth-order valence-corrected chi connectivity index (χ4v) is 5.14. The molecule has 1 fully saturated rings. The number of alkyl halides is 3. The summed E-state index contributed by atoms with van der Waals surface area (Å²) in [6, 6.07) is 3.70. The second-order valence-electron chi connectivity index (χ2n) is 6.41. The lowest BCUT2D eigenvalue weighted by Gasteiger charge is -2.27. The summed E-state index contributed by atoms with van der Waals surface area (Å²) in [5, 5.41) is 16.1. The van der Waals surface area contributed by atoms with Crippen LogP contribution in [0.1, 0.15) is 41.7 Å². The summed E-state index contributed by atoms with van der Waals surface area (Å²) in [5.41, 5.74) is 0.164. The van der Waals surface area contributed by atoms with Crippen LogP contribution in [0.3, 0.4) is 0 Å². The van der Waals surface area contributed by atoms with Crippen LogP contribution in [0.4, 0.5) is 13.2 Å². The van der Waals surface area contributed by atoms with E-state index in [0.29, 0.717) is 11.3 Å². The predicted molar refractivity (Wildman–Crippen MR) is 82.9 cm³/mol. The number of nitrogens with one attached hydrogen (secondary N) is 1. The van der Waals surface area contributed by atoms with Gasteiger partial charge in [0, 0.05) is 5.56 Å². The minimum absolute atomic E-state index is 0.0777. The van der Waals surface area contributed by atoms with Gasteiger partial charge in [0.05, 0.1) is 34.5 Å². The van der Waals surface area contributed by atoms with Crippen molar-refractivity contribution in [1.82, 2.24) is 14.5 Å². The average Bonchev–Trinajstić information content (AvgIpc) is 3.21. The number of aromatic nitrogens is 2. The third-order valence-corrected chi connectivity index (χ3v) is 6.63. The van der Waals surface area contributed by atoms with E-state index in [9.17, 15) is 26.9 Å². The molecule has 136 valence electrons. The summed E-state index contributed by atoms with van der Waals surface area (Å²) in [4.78, 5) is -0.269. The van der Waals surface area contributed by atoms with Crippen molar-refractivity contribution in [3.8, 4) is 6.07 Å². The Balaban J connectivity index is 1.77. The van der Waals surface area contributed by atoms with E-state index in [2.05, 4.69) is 10.2 Å². The maximum atomic E-state index is 13.1. The number of rotatable bonds is 3. The first-order chi connectivity index (χ1) is 12.2. The Hall–Kier alpha value is -2.38. The lowest BCUT2D eigenvalue weighted by Crippen LogP contribution is -2.34. The van der Waals surface area contributed by atoms with E-state index in [0.717, 1.165) is 41.4 Å². The zero-order valence-corrected chi connectivity index (χ0v) is 14.0. The molecule has 10 heteroatoms. The van der Waals surface area contributed by atoms with E-state index in [1.807, 2.05) is 6.07 Å². The number of nitrogens with zero attached hydrogens (tertiary/aromatic N) is 3. The van der Waals surface area contributed by atoms with Crippen molar-refractivity contribution in [2.75, 3.05) is 0 Å². The zero-order valence-electron chi connectivity index (χ0n) is 13.2. The summed E-state index contributed by atoms with van der Waals surface area (Å²) in [7, 11) is -4.16. The van der Waals surface area contributed by atoms with Crippen LogP contribution in [0.25, 0.3) is 0 Å². The van der Waals surface area contributed by atoms with Gasteiger partial charge < -0.3 is 0 Å². The van der Waals surface area contributed by atoms with E-state index in [4.69, 9.17) is 0 Å². The third kappa shape index (κ3) is 2.50. The van der Waals surface area contributed by atoms with Crippen molar-refractivity contribution in [1.29, 1.82) is 5.26 Å². The molecule has 6 nitrogen and oxygen atoms in total. The van der Waals surface area contributed by atoms with Gasteiger partial charge in [-0.1, -0.05) is 0 Å². The van der Waals surface area contributed by atoms with Crippen LogP contribution in [0.5, 0.6) is 0 Å². The summed E-state index contributed by atoms with van der Waals surface area (Å²) >= 11 is 0. The number of benzene rings is 1. The molecule has 0 amide bonds. The molecule has 1 aliphatic heterocycles. The van der Waals surface area contributed by atoms with Gasteiger partial charge in [0.2, 0.25) is 10.0 Å².